The van der Waals surface area contributed by atoms with Crippen molar-refractivity contribution >= 4 is 0 Å². The molecule has 0 fully saturated rings. The van der Waals surface area contributed by atoms with Crippen LogP contribution in [0.4, 0.5) is 0 Å². The molecule has 10 heavy (non-hydrogen) atoms. The van der Waals surface area contributed by atoms with Crippen LogP contribution in [0.5, 0.6) is 0 Å². The Morgan fingerprint density at radius 3 is 2.40 bits per heavy atom. The average Bonchev–Trinajstić information content (AvgIpc) is 1.87. The molecule has 0 aliphatic carbocycles. The summed E-state index contributed by atoms with van der Waals surface area (Å²) in [6.45, 7) is 2.88. The highest BCUT2D eigenvalue weighted by Gasteiger charge is 2.00. The molecule has 0 amide bonds. The summed E-state index contributed by atoms with van der Waals surface area (Å²) in [5.41, 5.74) is 5.14. The maximum atomic E-state index is 8.90. The number of hydrogen-bond donors (Lipinski definition) is 4. The van der Waals surface area contributed by atoms with Gasteiger partial charge < -0.3 is 21.3 Å². The molecule has 0 aromatic carbocycles. The van der Waals surface area contributed by atoms with Crippen molar-refractivity contribution in [3.05, 3.63) is 0 Å². The van der Waals surface area contributed by atoms with Gasteiger partial charge in [-0.25, -0.2) is 0 Å². The number of aliphatic hydroxyl groups excluding tert-OH is 2. The molecule has 2 atom stereocenters. The van der Waals surface area contributed by atoms with Crippen molar-refractivity contribution in [1.29, 1.82) is 0 Å². The van der Waals surface area contributed by atoms with Gasteiger partial charge in [-0.2, -0.15) is 0 Å². The molecule has 0 aliphatic rings. The standard InChI is InChI=1S/C6H16N2O2/c1-5(9)3-8-4-6(10)2-7/h5-6,8-10H,2-4,7H2,1H3. The first kappa shape index (κ1) is 9.84. The summed E-state index contributed by atoms with van der Waals surface area (Å²) in [6.07, 6.45) is -0.872. The van der Waals surface area contributed by atoms with Gasteiger partial charge in [0.05, 0.1) is 12.2 Å². The van der Waals surface area contributed by atoms with E-state index in [2.05, 4.69) is 5.32 Å². The van der Waals surface area contributed by atoms with Crippen LogP contribution in [0.1, 0.15) is 6.92 Å². The summed E-state index contributed by atoms with van der Waals surface area (Å²) >= 11 is 0. The quantitative estimate of drug-likeness (QED) is 0.374. The third-order valence-electron chi connectivity index (χ3n) is 1.09. The lowest BCUT2D eigenvalue weighted by Crippen LogP contribution is -2.35. The lowest BCUT2D eigenvalue weighted by molar-refractivity contribution is 0.158. The summed E-state index contributed by atoms with van der Waals surface area (Å²) in [5, 5.41) is 20.5. The zero-order valence-electron chi connectivity index (χ0n) is 6.25. The SMILES string of the molecule is CC(O)CNCC(O)CN. The van der Waals surface area contributed by atoms with Gasteiger partial charge in [0, 0.05) is 19.6 Å². The molecule has 4 heteroatoms. The Kier molecular flexibility index (Phi) is 5.52. The molecular weight excluding hydrogens is 132 g/mol. The predicted octanol–water partition coefficient (Wildman–Crippen LogP) is -1.72. The average molecular weight is 148 g/mol. The third-order valence-corrected chi connectivity index (χ3v) is 1.09. The molecule has 0 heterocycles. The minimum atomic E-state index is -0.501. The molecule has 5 N–H and O–H groups in total. The highest BCUT2D eigenvalue weighted by molar-refractivity contribution is 4.60. The molecular formula is C6H16N2O2. The van der Waals surface area contributed by atoms with E-state index in [1.165, 1.54) is 0 Å². The van der Waals surface area contributed by atoms with Crippen LogP contribution in [0.2, 0.25) is 0 Å². The Balaban J connectivity index is 3.03. The Hall–Kier alpha value is -0.160. The molecule has 0 aromatic heterocycles. The largest absolute Gasteiger partial charge is 0.392 e. The lowest BCUT2D eigenvalue weighted by Gasteiger charge is -2.09. The van der Waals surface area contributed by atoms with Crippen molar-refractivity contribution in [1.82, 2.24) is 5.32 Å². The molecule has 4 nitrogen and oxygen atoms in total. The minimum Gasteiger partial charge on any atom is -0.392 e. The molecule has 62 valence electrons. The molecule has 0 aromatic rings. The van der Waals surface area contributed by atoms with Crippen LogP contribution >= 0.6 is 0 Å². The number of hydrogen-bond acceptors (Lipinski definition) is 4. The highest BCUT2D eigenvalue weighted by Crippen LogP contribution is 1.77. The van der Waals surface area contributed by atoms with Crippen LogP contribution in [0, 0.1) is 0 Å². The van der Waals surface area contributed by atoms with Crippen molar-refractivity contribution < 1.29 is 10.2 Å². The summed E-state index contributed by atoms with van der Waals surface area (Å²) in [6, 6.07) is 0. The van der Waals surface area contributed by atoms with Gasteiger partial charge in [-0.3, -0.25) is 0 Å². The first-order valence-corrected chi connectivity index (χ1v) is 3.43. The van der Waals surface area contributed by atoms with E-state index >= 15 is 0 Å². The van der Waals surface area contributed by atoms with Crippen LogP contribution in [-0.4, -0.2) is 42.1 Å². The second-order valence-electron chi connectivity index (χ2n) is 2.40. The third kappa shape index (κ3) is 5.97. The predicted molar refractivity (Wildman–Crippen MR) is 39.6 cm³/mol. The van der Waals surface area contributed by atoms with E-state index in [0.29, 0.717) is 13.1 Å². The van der Waals surface area contributed by atoms with Gasteiger partial charge in [0.25, 0.3) is 0 Å². The summed E-state index contributed by atoms with van der Waals surface area (Å²) in [5.74, 6) is 0. The van der Waals surface area contributed by atoms with Gasteiger partial charge in [0.2, 0.25) is 0 Å². The van der Waals surface area contributed by atoms with Gasteiger partial charge >= 0.3 is 0 Å². The molecule has 2 unspecified atom stereocenters. The molecule has 0 saturated heterocycles. The van der Waals surface area contributed by atoms with E-state index in [4.69, 9.17) is 15.9 Å². The van der Waals surface area contributed by atoms with Gasteiger partial charge in [-0.15, -0.1) is 0 Å². The second-order valence-corrected chi connectivity index (χ2v) is 2.40. The van der Waals surface area contributed by atoms with E-state index in [9.17, 15) is 0 Å². The molecule has 0 radical (unpaired) electrons. The Bertz CT molecular complexity index is 78.1. The summed E-state index contributed by atoms with van der Waals surface area (Å²) in [4.78, 5) is 0. The lowest BCUT2D eigenvalue weighted by atomic mass is 10.3. The van der Waals surface area contributed by atoms with Crippen molar-refractivity contribution in [3.8, 4) is 0 Å². The van der Waals surface area contributed by atoms with Crippen LogP contribution in [0.3, 0.4) is 0 Å². The molecule has 0 rings (SSSR count). The number of rotatable bonds is 5. The fraction of sp³-hybridized carbons (Fsp3) is 1.00. The van der Waals surface area contributed by atoms with Crippen LogP contribution in [0.25, 0.3) is 0 Å². The Labute approximate surface area is 61.0 Å². The topological polar surface area (TPSA) is 78.5 Å². The molecule has 0 aliphatic heterocycles. The first-order chi connectivity index (χ1) is 4.66. The zero-order chi connectivity index (χ0) is 7.98. The maximum absolute atomic E-state index is 8.90. The van der Waals surface area contributed by atoms with Gasteiger partial charge in [-0.05, 0) is 6.92 Å². The van der Waals surface area contributed by atoms with E-state index in [1.807, 2.05) is 0 Å². The smallest absolute Gasteiger partial charge is 0.0786 e. The zero-order valence-corrected chi connectivity index (χ0v) is 6.25. The van der Waals surface area contributed by atoms with Crippen LogP contribution < -0.4 is 11.1 Å². The van der Waals surface area contributed by atoms with Gasteiger partial charge in [-0.1, -0.05) is 0 Å². The number of nitrogens with two attached hydrogens (primary N) is 1. The van der Waals surface area contributed by atoms with Crippen molar-refractivity contribution in [2.45, 2.75) is 19.1 Å². The van der Waals surface area contributed by atoms with E-state index < -0.39 is 6.10 Å². The maximum Gasteiger partial charge on any atom is 0.0786 e. The van der Waals surface area contributed by atoms with E-state index in [-0.39, 0.29) is 12.6 Å². The molecule has 0 bridgehead atoms. The van der Waals surface area contributed by atoms with E-state index in [0.717, 1.165) is 0 Å². The fourth-order valence-electron chi connectivity index (χ4n) is 0.542. The molecule has 0 saturated carbocycles. The van der Waals surface area contributed by atoms with Crippen molar-refractivity contribution in [3.63, 3.8) is 0 Å². The summed E-state index contributed by atoms with van der Waals surface area (Å²) in [7, 11) is 0. The fourth-order valence-corrected chi connectivity index (χ4v) is 0.542. The number of aliphatic hydroxyl groups is 2. The summed E-state index contributed by atoms with van der Waals surface area (Å²) < 4.78 is 0. The van der Waals surface area contributed by atoms with Gasteiger partial charge in [0.15, 0.2) is 0 Å². The number of nitrogens with one attached hydrogen (secondary N) is 1. The molecule has 0 spiro atoms. The van der Waals surface area contributed by atoms with Crippen molar-refractivity contribution in [2.24, 2.45) is 5.73 Å². The minimum absolute atomic E-state index is 0.257. The van der Waals surface area contributed by atoms with Crippen LogP contribution in [0.15, 0.2) is 0 Å². The second kappa shape index (κ2) is 5.61. The van der Waals surface area contributed by atoms with Crippen molar-refractivity contribution in [2.75, 3.05) is 19.6 Å². The first-order valence-electron chi connectivity index (χ1n) is 3.43. The highest BCUT2D eigenvalue weighted by atomic mass is 16.3. The van der Waals surface area contributed by atoms with Gasteiger partial charge in [0.1, 0.15) is 0 Å². The van der Waals surface area contributed by atoms with E-state index in [1.54, 1.807) is 6.92 Å². The Morgan fingerprint density at radius 2 is 2.00 bits per heavy atom. The van der Waals surface area contributed by atoms with Crippen LogP contribution in [-0.2, 0) is 0 Å². The monoisotopic (exact) mass is 148 g/mol. The Morgan fingerprint density at radius 1 is 1.40 bits per heavy atom. The normalized spacial score (nSPS) is 16.8.